The number of rotatable bonds is 9. The van der Waals surface area contributed by atoms with Crippen LogP contribution in [-0.4, -0.2) is 26.0 Å². The van der Waals surface area contributed by atoms with E-state index in [0.717, 1.165) is 12.3 Å². The summed E-state index contributed by atoms with van der Waals surface area (Å²) in [4.78, 5) is 0. The second kappa shape index (κ2) is 11.3. The van der Waals surface area contributed by atoms with Crippen molar-refractivity contribution in [2.45, 2.75) is 32.6 Å². The Hall–Kier alpha value is 0.270. The molecule has 0 rings (SSSR count). The first-order chi connectivity index (χ1) is 5.91. The normalized spacial score (nSPS) is 10.5. The third-order valence-corrected chi connectivity index (χ3v) is 2.35. The van der Waals surface area contributed by atoms with Gasteiger partial charge in [-0.3, -0.25) is 0 Å². The SMILES string of the molecule is CCCCCNCCCSOC. The first kappa shape index (κ1) is 12.3. The van der Waals surface area contributed by atoms with E-state index < -0.39 is 0 Å². The predicted octanol–water partition coefficient (Wildman–Crippen LogP) is 2.45. The maximum atomic E-state index is 4.88. The summed E-state index contributed by atoms with van der Waals surface area (Å²) in [6.07, 6.45) is 5.17. The third kappa shape index (κ3) is 10.3. The summed E-state index contributed by atoms with van der Waals surface area (Å²) in [5, 5.41) is 3.41. The van der Waals surface area contributed by atoms with E-state index in [0.29, 0.717) is 0 Å². The largest absolute Gasteiger partial charge is 0.319 e. The van der Waals surface area contributed by atoms with Gasteiger partial charge in [-0.05, 0) is 38.0 Å². The van der Waals surface area contributed by atoms with Crippen molar-refractivity contribution in [3.05, 3.63) is 0 Å². The average Bonchev–Trinajstić information content (AvgIpc) is 2.10. The van der Waals surface area contributed by atoms with Crippen molar-refractivity contribution in [1.29, 1.82) is 0 Å². The fourth-order valence-corrected chi connectivity index (χ4v) is 1.39. The molecule has 0 spiro atoms. The quantitative estimate of drug-likeness (QED) is 0.447. The molecule has 0 saturated carbocycles. The minimum Gasteiger partial charge on any atom is -0.319 e. The van der Waals surface area contributed by atoms with Gasteiger partial charge in [-0.2, -0.15) is 0 Å². The number of hydrogen-bond donors (Lipinski definition) is 1. The van der Waals surface area contributed by atoms with Gasteiger partial charge >= 0.3 is 0 Å². The van der Waals surface area contributed by atoms with Crippen LogP contribution >= 0.6 is 12.0 Å². The molecular formula is C9H21NOS. The van der Waals surface area contributed by atoms with Crippen molar-refractivity contribution in [1.82, 2.24) is 5.32 Å². The molecule has 0 unspecified atom stereocenters. The Labute approximate surface area is 80.7 Å². The lowest BCUT2D eigenvalue weighted by molar-refractivity contribution is 0.488. The fraction of sp³-hybridized carbons (Fsp3) is 1.00. The van der Waals surface area contributed by atoms with Crippen LogP contribution in [0.2, 0.25) is 0 Å². The van der Waals surface area contributed by atoms with E-state index in [-0.39, 0.29) is 0 Å². The highest BCUT2D eigenvalue weighted by Crippen LogP contribution is 2.00. The van der Waals surface area contributed by atoms with Gasteiger partial charge in [0.05, 0.1) is 7.11 Å². The zero-order valence-corrected chi connectivity index (χ0v) is 9.08. The molecule has 12 heavy (non-hydrogen) atoms. The van der Waals surface area contributed by atoms with Crippen molar-refractivity contribution >= 4 is 12.0 Å². The van der Waals surface area contributed by atoms with E-state index in [1.54, 1.807) is 7.11 Å². The Morgan fingerprint density at radius 2 is 1.92 bits per heavy atom. The lowest BCUT2D eigenvalue weighted by Crippen LogP contribution is -2.17. The smallest absolute Gasteiger partial charge is 0.0503 e. The molecule has 0 heterocycles. The number of unbranched alkanes of at least 4 members (excludes halogenated alkanes) is 2. The van der Waals surface area contributed by atoms with Crippen molar-refractivity contribution < 1.29 is 4.18 Å². The second-order valence-corrected chi connectivity index (χ2v) is 3.78. The molecule has 3 heteroatoms. The van der Waals surface area contributed by atoms with Gasteiger partial charge < -0.3 is 9.50 Å². The van der Waals surface area contributed by atoms with Gasteiger partial charge in [-0.1, -0.05) is 19.8 Å². The van der Waals surface area contributed by atoms with Crippen LogP contribution < -0.4 is 5.32 Å². The standard InChI is InChI=1S/C9H21NOS/c1-3-4-5-7-10-8-6-9-12-11-2/h10H,3-9H2,1-2H3. The molecule has 0 aliphatic heterocycles. The van der Waals surface area contributed by atoms with Crippen molar-refractivity contribution in [2.75, 3.05) is 26.0 Å². The topological polar surface area (TPSA) is 21.3 Å². The first-order valence-electron chi connectivity index (χ1n) is 4.78. The highest BCUT2D eigenvalue weighted by Gasteiger charge is 1.88. The van der Waals surface area contributed by atoms with Crippen molar-refractivity contribution in [2.24, 2.45) is 0 Å². The summed E-state index contributed by atoms with van der Waals surface area (Å²) in [5.74, 6) is 1.09. The summed E-state index contributed by atoms with van der Waals surface area (Å²) in [6, 6.07) is 0. The summed E-state index contributed by atoms with van der Waals surface area (Å²) >= 11 is 1.54. The highest BCUT2D eigenvalue weighted by molar-refractivity contribution is 7.94. The van der Waals surface area contributed by atoms with Crippen LogP contribution in [0.3, 0.4) is 0 Å². The van der Waals surface area contributed by atoms with E-state index in [9.17, 15) is 0 Å². The Balaban J connectivity index is 2.73. The monoisotopic (exact) mass is 191 g/mol. The van der Waals surface area contributed by atoms with E-state index in [4.69, 9.17) is 4.18 Å². The summed E-state index contributed by atoms with van der Waals surface area (Å²) in [5.41, 5.74) is 0. The Bertz CT molecular complexity index is 70.9. The number of nitrogens with one attached hydrogen (secondary N) is 1. The van der Waals surface area contributed by atoms with Crippen molar-refractivity contribution in [3.63, 3.8) is 0 Å². The Morgan fingerprint density at radius 1 is 1.17 bits per heavy atom. The predicted molar refractivity (Wildman–Crippen MR) is 56.5 cm³/mol. The van der Waals surface area contributed by atoms with E-state index >= 15 is 0 Å². The highest BCUT2D eigenvalue weighted by atomic mass is 32.2. The Morgan fingerprint density at radius 3 is 2.58 bits per heavy atom. The van der Waals surface area contributed by atoms with Gasteiger partial charge in [0, 0.05) is 5.75 Å². The van der Waals surface area contributed by atoms with Crippen LogP contribution in [0, 0.1) is 0 Å². The van der Waals surface area contributed by atoms with Gasteiger partial charge in [-0.15, -0.1) is 0 Å². The molecule has 0 amide bonds. The molecule has 0 aliphatic carbocycles. The van der Waals surface area contributed by atoms with E-state index in [1.807, 2.05) is 0 Å². The zero-order chi connectivity index (χ0) is 9.07. The van der Waals surface area contributed by atoms with Gasteiger partial charge in [0.2, 0.25) is 0 Å². The molecular weight excluding hydrogens is 170 g/mol. The molecule has 0 aromatic carbocycles. The van der Waals surface area contributed by atoms with Gasteiger partial charge in [0.25, 0.3) is 0 Å². The maximum absolute atomic E-state index is 4.88. The van der Waals surface area contributed by atoms with Crippen LogP contribution in [0.5, 0.6) is 0 Å². The van der Waals surface area contributed by atoms with Crippen LogP contribution in [-0.2, 0) is 4.18 Å². The van der Waals surface area contributed by atoms with Crippen LogP contribution in [0.25, 0.3) is 0 Å². The lowest BCUT2D eigenvalue weighted by atomic mass is 10.2. The zero-order valence-electron chi connectivity index (χ0n) is 8.27. The van der Waals surface area contributed by atoms with Crippen LogP contribution in [0.1, 0.15) is 32.6 Å². The molecule has 0 saturated heterocycles. The molecule has 0 radical (unpaired) electrons. The molecule has 1 N–H and O–H groups in total. The third-order valence-electron chi connectivity index (χ3n) is 1.66. The van der Waals surface area contributed by atoms with Gasteiger partial charge in [-0.25, -0.2) is 0 Å². The average molecular weight is 191 g/mol. The second-order valence-electron chi connectivity index (χ2n) is 2.80. The van der Waals surface area contributed by atoms with E-state index in [2.05, 4.69) is 12.2 Å². The number of hydrogen-bond acceptors (Lipinski definition) is 3. The molecule has 0 aromatic heterocycles. The first-order valence-corrected chi connectivity index (χ1v) is 5.69. The molecule has 74 valence electrons. The summed E-state index contributed by atoms with van der Waals surface area (Å²) in [7, 11) is 1.72. The molecule has 0 fully saturated rings. The summed E-state index contributed by atoms with van der Waals surface area (Å²) in [6.45, 7) is 4.53. The molecule has 0 bridgehead atoms. The van der Waals surface area contributed by atoms with Gasteiger partial charge in [0.15, 0.2) is 0 Å². The minimum atomic E-state index is 1.09. The van der Waals surface area contributed by atoms with Gasteiger partial charge in [0.1, 0.15) is 0 Å². The van der Waals surface area contributed by atoms with Crippen LogP contribution in [0.15, 0.2) is 0 Å². The summed E-state index contributed by atoms with van der Waals surface area (Å²) < 4.78 is 4.88. The molecule has 0 atom stereocenters. The van der Waals surface area contributed by atoms with E-state index in [1.165, 1.54) is 44.3 Å². The lowest BCUT2D eigenvalue weighted by Gasteiger charge is -2.02. The Kier molecular flexibility index (Phi) is 11.5. The molecule has 0 aromatic rings. The van der Waals surface area contributed by atoms with Crippen LogP contribution in [0.4, 0.5) is 0 Å². The fourth-order valence-electron chi connectivity index (χ4n) is 0.964. The molecule has 2 nitrogen and oxygen atoms in total. The maximum Gasteiger partial charge on any atom is 0.0503 e. The molecule has 0 aliphatic rings. The minimum absolute atomic E-state index is 1.09. The van der Waals surface area contributed by atoms with Crippen molar-refractivity contribution in [3.8, 4) is 0 Å².